The van der Waals surface area contributed by atoms with Crippen molar-refractivity contribution >= 4 is 11.0 Å². The van der Waals surface area contributed by atoms with Crippen LogP contribution in [0.25, 0.3) is 83.9 Å². The summed E-state index contributed by atoms with van der Waals surface area (Å²) in [5, 5.41) is 12.4. The van der Waals surface area contributed by atoms with Crippen LogP contribution in [0.15, 0.2) is 152 Å². The fraction of sp³-hybridized carbons (Fsp3) is 0.284. The Morgan fingerprint density at radius 1 is 0.542 bits per heavy atom. The van der Waals surface area contributed by atoms with Crippen LogP contribution in [-0.2, 0) is 37.3 Å². The molecular weight excluding hydrogens is 1060 g/mol. The summed E-state index contributed by atoms with van der Waals surface area (Å²) in [6, 6.07) is 54.1. The third-order valence-electron chi connectivity index (χ3n) is 14.0. The van der Waals surface area contributed by atoms with E-state index in [1.165, 1.54) is 16.7 Å². The molecule has 5 heteroatoms. The molecule has 0 bridgehead atoms. The summed E-state index contributed by atoms with van der Waals surface area (Å²) >= 11 is 0. The van der Waals surface area contributed by atoms with Crippen molar-refractivity contribution in [2.24, 2.45) is 0 Å². The van der Waals surface area contributed by atoms with Gasteiger partial charge < -0.3 is 5.11 Å². The molecule has 72 heavy (non-hydrogen) atoms. The minimum Gasteiger partial charge on any atom is -0.507 e. The number of aromatic nitrogens is 3. The fourth-order valence-corrected chi connectivity index (χ4v) is 9.47. The maximum atomic E-state index is 12.4. The molecule has 0 aliphatic heterocycles. The molecule has 4 nitrogen and oxygen atoms in total. The Hall–Kier alpha value is -6.35. The van der Waals surface area contributed by atoms with Gasteiger partial charge in [0.15, 0.2) is 0 Å². The van der Waals surface area contributed by atoms with Crippen LogP contribution in [0.1, 0.15) is 139 Å². The maximum Gasteiger partial charge on any atom is 0.148 e. The Bertz CT molecular complexity index is 3520. The number of nitrogens with zero attached hydrogens (tertiary/aromatic N) is 3. The van der Waals surface area contributed by atoms with Crippen molar-refractivity contribution in [2.45, 2.75) is 125 Å². The summed E-state index contributed by atoms with van der Waals surface area (Å²) in [6.45, 7) is 25.8. The Labute approximate surface area is 448 Å². The molecule has 0 atom stereocenters. The number of benzene rings is 7. The van der Waals surface area contributed by atoms with Crippen molar-refractivity contribution in [3.8, 4) is 78.6 Å². The zero-order valence-electron chi connectivity index (χ0n) is 47.2. The number of aryl methyl sites for hydroxylation is 1. The molecule has 2 aromatic heterocycles. The van der Waals surface area contributed by atoms with Crippen LogP contribution >= 0.6 is 0 Å². The second kappa shape index (κ2) is 19.9. The predicted molar refractivity (Wildman–Crippen MR) is 301 cm³/mol. The number of fused-ring (bicyclic) bond motifs is 1. The van der Waals surface area contributed by atoms with Crippen molar-refractivity contribution in [3.05, 3.63) is 191 Å². The van der Waals surface area contributed by atoms with Gasteiger partial charge in [0.1, 0.15) is 11.6 Å². The van der Waals surface area contributed by atoms with Crippen molar-refractivity contribution in [2.75, 3.05) is 0 Å². The van der Waals surface area contributed by atoms with Gasteiger partial charge in [-0.15, -0.1) is 29.3 Å². The van der Waals surface area contributed by atoms with Gasteiger partial charge in [-0.1, -0.05) is 204 Å². The van der Waals surface area contributed by atoms with E-state index in [0.29, 0.717) is 28.1 Å². The summed E-state index contributed by atoms with van der Waals surface area (Å²) in [4.78, 5) is 10.5. The van der Waals surface area contributed by atoms with Crippen molar-refractivity contribution in [1.82, 2.24) is 14.5 Å². The summed E-state index contributed by atoms with van der Waals surface area (Å²) in [7, 11) is 0. The monoisotopic (exact) mass is 1130 g/mol. The van der Waals surface area contributed by atoms with E-state index in [-0.39, 0.29) is 60.5 Å². The minimum absolute atomic E-state index is 0. The maximum absolute atomic E-state index is 12.4. The largest absolute Gasteiger partial charge is 0.507 e. The van der Waals surface area contributed by atoms with E-state index in [9.17, 15) is 9.22 Å². The number of hydrogen-bond acceptors (Lipinski definition) is 3. The third-order valence-corrected chi connectivity index (χ3v) is 14.0. The normalized spacial score (nSPS) is 13.0. The Kier molecular flexibility index (Phi) is 13.3. The van der Waals surface area contributed by atoms with Gasteiger partial charge in [0, 0.05) is 37.1 Å². The molecule has 370 valence electrons. The van der Waals surface area contributed by atoms with E-state index in [4.69, 9.17) is 9.97 Å². The predicted octanol–water partition coefficient (Wildman–Crippen LogP) is 18.4. The number of para-hydroxylation sites is 1. The summed E-state index contributed by atoms with van der Waals surface area (Å²) in [5.41, 5.74) is 16.9. The first-order valence-corrected chi connectivity index (χ1v) is 25.2. The molecule has 9 aromatic rings. The number of rotatable bonds is 9. The Morgan fingerprint density at radius 2 is 1.12 bits per heavy atom. The van der Waals surface area contributed by atoms with Gasteiger partial charge in [0.25, 0.3) is 0 Å². The van der Waals surface area contributed by atoms with Gasteiger partial charge in [-0.05, 0) is 126 Å². The van der Waals surface area contributed by atoms with Gasteiger partial charge in [0.05, 0.1) is 22.3 Å². The quantitative estimate of drug-likeness (QED) is 0.147. The van der Waals surface area contributed by atoms with E-state index in [1.54, 1.807) is 0 Å². The van der Waals surface area contributed by atoms with Gasteiger partial charge in [-0.25, -0.2) is 4.98 Å². The molecule has 9 rings (SSSR count). The van der Waals surface area contributed by atoms with Gasteiger partial charge in [-0.2, -0.15) is 0 Å². The Balaban J connectivity index is 0.00000747. The molecule has 0 radical (unpaired) electrons. The van der Waals surface area contributed by atoms with Crippen LogP contribution < -0.4 is 0 Å². The first-order chi connectivity index (χ1) is 34.8. The molecule has 0 amide bonds. The van der Waals surface area contributed by atoms with Gasteiger partial charge in [0.2, 0.25) is 0 Å². The second-order valence-corrected chi connectivity index (χ2v) is 23.1. The van der Waals surface area contributed by atoms with E-state index in [2.05, 4.69) is 193 Å². The van der Waals surface area contributed by atoms with Crippen molar-refractivity contribution in [3.63, 3.8) is 0 Å². The molecule has 0 saturated carbocycles. The number of pyridine rings is 1. The molecule has 7 aromatic carbocycles. The first-order valence-electron chi connectivity index (χ1n) is 26.7. The SMILES string of the molecule is [2H]C([2H])([2H])c1cc(-c2cc(C(C)(C)C)cc(C(C)(C)C)c2)ccc1-n1c(-c2cc(C(C)C)cc(C(C)C)c2O)nc2c(-c3[c-]c(-c4cc(-c5ccc(-c6ccccc6)cc5)ccn4)cc(C(C)(C)C)c3)cccc21.[Pt]. The van der Waals surface area contributed by atoms with Crippen LogP contribution in [0.4, 0.5) is 0 Å². The van der Waals surface area contributed by atoms with Crippen molar-refractivity contribution in [1.29, 1.82) is 0 Å². The average molecular weight is 1130 g/mol. The zero-order valence-corrected chi connectivity index (χ0v) is 46.5. The molecular formula is C67H70N3OPt-. The van der Waals surface area contributed by atoms with E-state index in [0.717, 1.165) is 66.9 Å². The molecule has 0 fully saturated rings. The van der Waals surface area contributed by atoms with E-state index in [1.807, 2.05) is 59.3 Å². The zero-order chi connectivity index (χ0) is 53.2. The number of aromatic hydroxyl groups is 1. The summed E-state index contributed by atoms with van der Waals surface area (Å²) in [5.74, 6) is 0.742. The number of hydrogen-bond donors (Lipinski definition) is 1. The van der Waals surface area contributed by atoms with Crippen LogP contribution in [0, 0.1) is 12.9 Å². The second-order valence-electron chi connectivity index (χ2n) is 23.1. The Morgan fingerprint density at radius 3 is 1.74 bits per heavy atom. The van der Waals surface area contributed by atoms with Crippen LogP contribution in [-0.4, -0.2) is 19.6 Å². The third kappa shape index (κ3) is 10.4. The molecule has 2 heterocycles. The van der Waals surface area contributed by atoms with Crippen molar-refractivity contribution < 1.29 is 30.3 Å². The standard InChI is InChI=1S/C67H70N3O.Pt/c1-41(2)49-37-57(42(3)4)63(71)58(38-49)64-69-62-56(21-18-22-61(62)70(64)60-28-27-47(31-43(60)5)50-33-54(66(9,10)11)40-55(34-50)67(12,13)14)51-32-52(36-53(35-51)65(6,7)8)59-39-48(29-30-68-59)46-25-23-45(24-26-46)44-19-16-15-17-20-44;/h15-31,33-42,71H,1-14H3;/q-1;/i5D3;. The van der Waals surface area contributed by atoms with Gasteiger partial charge >= 0.3 is 0 Å². The molecule has 0 spiro atoms. The van der Waals surface area contributed by atoms with Crippen LogP contribution in [0.3, 0.4) is 0 Å². The summed E-state index contributed by atoms with van der Waals surface area (Å²) in [6.07, 6.45) is 1.86. The molecule has 0 aliphatic carbocycles. The molecule has 0 saturated heterocycles. The first kappa shape index (κ1) is 47.9. The van der Waals surface area contributed by atoms with Crippen LogP contribution in [0.2, 0.25) is 0 Å². The molecule has 1 N–H and O–H groups in total. The number of imidazole rings is 1. The average Bonchev–Trinajstić information content (AvgIpc) is 3.75. The van der Waals surface area contributed by atoms with Crippen LogP contribution in [0.5, 0.6) is 5.75 Å². The fourth-order valence-electron chi connectivity index (χ4n) is 9.47. The number of phenolic OH excluding ortho intramolecular Hbond substituents is 1. The molecule has 0 unspecified atom stereocenters. The van der Waals surface area contributed by atoms with E-state index < -0.39 is 6.85 Å². The summed E-state index contributed by atoms with van der Waals surface area (Å²) < 4.78 is 29.5. The van der Waals surface area contributed by atoms with E-state index >= 15 is 0 Å². The molecule has 0 aliphatic rings. The number of phenols is 1. The topological polar surface area (TPSA) is 50.9 Å². The smallest absolute Gasteiger partial charge is 0.148 e. The minimum atomic E-state index is -2.52. The van der Waals surface area contributed by atoms with Gasteiger partial charge in [-0.3, -0.25) is 9.55 Å².